The van der Waals surface area contributed by atoms with E-state index in [0.29, 0.717) is 23.4 Å². The quantitative estimate of drug-likeness (QED) is 0.565. The van der Waals surface area contributed by atoms with Gasteiger partial charge in [0.1, 0.15) is 5.75 Å². The number of nitrogens with one attached hydrogen (secondary N) is 2. The number of aryl methyl sites for hydroxylation is 1. The standard InChI is InChI=1S/C10H13N3O3/c1-5-9(15)8(6(4-14)2-11-5)7-3-12-10(16)13-7/h2,7,14-15H,3-4H2,1H3,(H2,12,13,16)/t7-/m0/s1. The predicted octanol–water partition coefficient (Wildman–Crippen LogP) is -0.0582. The van der Waals surface area contributed by atoms with Crippen molar-refractivity contribution in [3.05, 3.63) is 23.0 Å². The van der Waals surface area contributed by atoms with Gasteiger partial charge < -0.3 is 20.8 Å². The van der Waals surface area contributed by atoms with E-state index in [2.05, 4.69) is 15.6 Å². The van der Waals surface area contributed by atoms with E-state index >= 15 is 0 Å². The minimum Gasteiger partial charge on any atom is -0.506 e. The normalized spacial score (nSPS) is 19.4. The van der Waals surface area contributed by atoms with Crippen molar-refractivity contribution in [2.45, 2.75) is 19.6 Å². The number of nitrogens with zero attached hydrogens (tertiary/aromatic N) is 1. The van der Waals surface area contributed by atoms with Crippen molar-refractivity contribution in [3.63, 3.8) is 0 Å². The van der Waals surface area contributed by atoms with Gasteiger partial charge in [0.15, 0.2) is 0 Å². The number of carbonyl (C=O) groups is 1. The van der Waals surface area contributed by atoms with Gasteiger partial charge in [-0.15, -0.1) is 0 Å². The van der Waals surface area contributed by atoms with E-state index in [-0.39, 0.29) is 24.4 Å². The number of aliphatic hydroxyl groups excluding tert-OH is 1. The first-order valence-corrected chi connectivity index (χ1v) is 4.96. The molecule has 2 heterocycles. The van der Waals surface area contributed by atoms with Crippen molar-refractivity contribution in [3.8, 4) is 5.75 Å². The van der Waals surface area contributed by atoms with Gasteiger partial charge in [-0.3, -0.25) is 4.98 Å². The lowest BCUT2D eigenvalue weighted by molar-refractivity contribution is 0.247. The summed E-state index contributed by atoms with van der Waals surface area (Å²) >= 11 is 0. The summed E-state index contributed by atoms with van der Waals surface area (Å²) in [5, 5.41) is 24.3. The third-order valence-electron chi connectivity index (χ3n) is 2.65. The fourth-order valence-corrected chi connectivity index (χ4v) is 1.80. The first kappa shape index (κ1) is 10.7. The Labute approximate surface area is 92.3 Å². The maximum atomic E-state index is 11.0. The van der Waals surface area contributed by atoms with Crippen LogP contribution in [0.4, 0.5) is 4.79 Å². The van der Waals surface area contributed by atoms with Crippen molar-refractivity contribution in [2.24, 2.45) is 0 Å². The van der Waals surface area contributed by atoms with E-state index in [1.807, 2.05) is 0 Å². The van der Waals surface area contributed by atoms with Crippen LogP contribution < -0.4 is 10.6 Å². The summed E-state index contributed by atoms with van der Waals surface area (Å²) in [6.45, 7) is 1.84. The van der Waals surface area contributed by atoms with Crippen LogP contribution in [0.2, 0.25) is 0 Å². The zero-order valence-electron chi connectivity index (χ0n) is 8.82. The van der Waals surface area contributed by atoms with Crippen LogP contribution in [-0.2, 0) is 6.61 Å². The third kappa shape index (κ3) is 1.67. The van der Waals surface area contributed by atoms with Gasteiger partial charge in [-0.05, 0) is 6.92 Å². The van der Waals surface area contributed by atoms with Gasteiger partial charge in [-0.25, -0.2) is 4.79 Å². The minimum absolute atomic E-state index is 0.0283. The molecule has 1 aromatic heterocycles. The Kier molecular flexibility index (Phi) is 2.66. The molecule has 1 aromatic rings. The van der Waals surface area contributed by atoms with Gasteiger partial charge in [0, 0.05) is 23.9 Å². The number of aromatic hydroxyl groups is 1. The maximum absolute atomic E-state index is 11.0. The molecule has 1 saturated heterocycles. The number of aromatic nitrogens is 1. The smallest absolute Gasteiger partial charge is 0.315 e. The molecular weight excluding hydrogens is 210 g/mol. The molecule has 0 aromatic carbocycles. The fraction of sp³-hybridized carbons (Fsp3) is 0.400. The van der Waals surface area contributed by atoms with Crippen LogP contribution in [0.15, 0.2) is 6.20 Å². The lowest BCUT2D eigenvalue weighted by Gasteiger charge is -2.16. The van der Waals surface area contributed by atoms with Crippen LogP contribution in [-0.4, -0.2) is 27.8 Å². The average Bonchev–Trinajstić information content (AvgIpc) is 2.68. The number of rotatable bonds is 2. The van der Waals surface area contributed by atoms with Crippen LogP contribution in [0.25, 0.3) is 0 Å². The molecule has 6 heteroatoms. The number of amides is 2. The predicted molar refractivity (Wildman–Crippen MR) is 55.8 cm³/mol. The van der Waals surface area contributed by atoms with E-state index in [1.54, 1.807) is 6.92 Å². The van der Waals surface area contributed by atoms with Crippen molar-refractivity contribution in [1.82, 2.24) is 15.6 Å². The van der Waals surface area contributed by atoms with Crippen LogP contribution in [0.5, 0.6) is 5.75 Å². The van der Waals surface area contributed by atoms with Gasteiger partial charge in [0.05, 0.1) is 18.3 Å². The SMILES string of the molecule is Cc1ncc(CO)c([C@@H]2CNC(=O)N2)c1O. The molecule has 86 valence electrons. The molecule has 0 unspecified atom stereocenters. The van der Waals surface area contributed by atoms with Gasteiger partial charge in [-0.1, -0.05) is 0 Å². The van der Waals surface area contributed by atoms with Gasteiger partial charge in [0.25, 0.3) is 0 Å². The maximum Gasteiger partial charge on any atom is 0.315 e. The van der Waals surface area contributed by atoms with Crippen LogP contribution in [0, 0.1) is 6.92 Å². The second kappa shape index (κ2) is 3.97. The summed E-state index contributed by atoms with van der Waals surface area (Å²) in [6.07, 6.45) is 1.51. The summed E-state index contributed by atoms with van der Waals surface area (Å²) in [5.74, 6) is 0.0283. The second-order valence-corrected chi connectivity index (χ2v) is 3.70. The van der Waals surface area contributed by atoms with Crippen molar-refractivity contribution in [1.29, 1.82) is 0 Å². The molecule has 4 N–H and O–H groups in total. The molecule has 1 aliphatic heterocycles. The number of hydrogen-bond acceptors (Lipinski definition) is 4. The Balaban J connectivity index is 2.45. The monoisotopic (exact) mass is 223 g/mol. The highest BCUT2D eigenvalue weighted by molar-refractivity contribution is 5.77. The van der Waals surface area contributed by atoms with Gasteiger partial charge in [0.2, 0.25) is 0 Å². The minimum atomic E-state index is -0.323. The number of hydrogen-bond donors (Lipinski definition) is 4. The number of pyridine rings is 1. The van der Waals surface area contributed by atoms with E-state index < -0.39 is 0 Å². The van der Waals surface area contributed by atoms with Crippen molar-refractivity contribution in [2.75, 3.05) is 6.54 Å². The zero-order chi connectivity index (χ0) is 11.7. The van der Waals surface area contributed by atoms with E-state index in [0.717, 1.165) is 0 Å². The molecule has 2 rings (SSSR count). The third-order valence-corrected chi connectivity index (χ3v) is 2.65. The molecule has 1 atom stereocenters. The zero-order valence-corrected chi connectivity index (χ0v) is 8.82. The molecule has 1 fully saturated rings. The molecule has 6 nitrogen and oxygen atoms in total. The summed E-state index contributed by atoms with van der Waals surface area (Å²) in [6, 6.07) is -0.598. The highest BCUT2D eigenvalue weighted by Crippen LogP contribution is 2.30. The number of urea groups is 1. The Morgan fingerprint density at radius 3 is 2.94 bits per heavy atom. The largest absolute Gasteiger partial charge is 0.506 e. The van der Waals surface area contributed by atoms with Gasteiger partial charge in [-0.2, -0.15) is 0 Å². The van der Waals surface area contributed by atoms with Crippen molar-refractivity contribution >= 4 is 6.03 Å². The first-order chi connectivity index (χ1) is 7.63. The van der Waals surface area contributed by atoms with E-state index in [9.17, 15) is 15.0 Å². The van der Waals surface area contributed by atoms with Crippen LogP contribution in [0.3, 0.4) is 0 Å². The van der Waals surface area contributed by atoms with Crippen LogP contribution >= 0.6 is 0 Å². The van der Waals surface area contributed by atoms with Crippen LogP contribution in [0.1, 0.15) is 22.9 Å². The highest BCUT2D eigenvalue weighted by atomic mass is 16.3. The Morgan fingerprint density at radius 1 is 1.62 bits per heavy atom. The Bertz CT molecular complexity index is 434. The lowest BCUT2D eigenvalue weighted by atomic mass is 10.0. The average molecular weight is 223 g/mol. The fourth-order valence-electron chi connectivity index (χ4n) is 1.80. The summed E-state index contributed by atoms with van der Waals surface area (Å²) < 4.78 is 0. The molecule has 0 radical (unpaired) electrons. The molecule has 0 saturated carbocycles. The topological polar surface area (TPSA) is 94.5 Å². The van der Waals surface area contributed by atoms with E-state index in [1.165, 1.54) is 6.20 Å². The Hall–Kier alpha value is -1.82. The highest BCUT2D eigenvalue weighted by Gasteiger charge is 2.27. The molecule has 0 spiro atoms. The molecule has 2 amide bonds. The first-order valence-electron chi connectivity index (χ1n) is 4.96. The Morgan fingerprint density at radius 2 is 2.38 bits per heavy atom. The molecule has 0 aliphatic carbocycles. The number of aliphatic hydroxyl groups is 1. The number of carbonyl (C=O) groups excluding carboxylic acids is 1. The molecular formula is C10H13N3O3. The van der Waals surface area contributed by atoms with Gasteiger partial charge >= 0.3 is 6.03 Å². The summed E-state index contributed by atoms with van der Waals surface area (Å²) in [4.78, 5) is 15.0. The second-order valence-electron chi connectivity index (χ2n) is 3.70. The summed E-state index contributed by atoms with van der Waals surface area (Å²) in [7, 11) is 0. The molecule has 0 bridgehead atoms. The molecule has 16 heavy (non-hydrogen) atoms. The molecule has 1 aliphatic rings. The summed E-state index contributed by atoms with van der Waals surface area (Å²) in [5.41, 5.74) is 1.54. The van der Waals surface area contributed by atoms with Crippen molar-refractivity contribution < 1.29 is 15.0 Å². The van der Waals surface area contributed by atoms with E-state index in [4.69, 9.17) is 0 Å². The lowest BCUT2D eigenvalue weighted by Crippen LogP contribution is -2.22.